The molecule has 2 aromatic rings. The van der Waals surface area contributed by atoms with Crippen LogP contribution in [0.4, 0.5) is 5.82 Å². The van der Waals surface area contributed by atoms with Crippen molar-refractivity contribution >= 4 is 5.82 Å². The zero-order valence-electron chi connectivity index (χ0n) is 12.4. The lowest BCUT2D eigenvalue weighted by molar-refractivity contribution is 0.556. The zero-order valence-corrected chi connectivity index (χ0v) is 12.4. The molecule has 3 heteroatoms. The second-order valence-corrected chi connectivity index (χ2v) is 5.69. The summed E-state index contributed by atoms with van der Waals surface area (Å²) in [6.45, 7) is 10.7. The van der Waals surface area contributed by atoms with E-state index in [1.54, 1.807) is 0 Å². The number of nitrogens with two attached hydrogens (primary N) is 1. The van der Waals surface area contributed by atoms with Crippen molar-refractivity contribution in [2.45, 2.75) is 46.6 Å². The highest BCUT2D eigenvalue weighted by atomic mass is 15.2. The lowest BCUT2D eigenvalue weighted by Crippen LogP contribution is -2.10. The van der Waals surface area contributed by atoms with Crippen molar-refractivity contribution in [3.05, 3.63) is 35.7 Å². The van der Waals surface area contributed by atoms with Gasteiger partial charge < -0.3 is 10.3 Å². The molecule has 1 aromatic carbocycles. The molecule has 0 fully saturated rings. The van der Waals surface area contributed by atoms with Crippen LogP contribution in [-0.4, -0.2) is 9.55 Å². The molecule has 2 rings (SSSR count). The van der Waals surface area contributed by atoms with Crippen molar-refractivity contribution in [3.63, 3.8) is 0 Å². The molecular formula is C16H23N3. The highest BCUT2D eigenvalue weighted by molar-refractivity contribution is 5.71. The van der Waals surface area contributed by atoms with Gasteiger partial charge in [-0.15, -0.1) is 0 Å². The number of anilines is 1. The third-order valence-electron chi connectivity index (χ3n) is 3.30. The van der Waals surface area contributed by atoms with E-state index in [1.165, 1.54) is 5.56 Å². The second kappa shape index (κ2) is 5.08. The lowest BCUT2D eigenvalue weighted by atomic mass is 10.1. The number of hydrogen-bond acceptors (Lipinski definition) is 2. The number of benzene rings is 1. The largest absolute Gasteiger partial charge is 0.383 e. The van der Waals surface area contributed by atoms with Gasteiger partial charge in [0.05, 0.1) is 0 Å². The van der Waals surface area contributed by atoms with Crippen molar-refractivity contribution in [1.82, 2.24) is 9.55 Å². The normalized spacial score (nSPS) is 11.5. The first-order valence-electron chi connectivity index (χ1n) is 6.86. The van der Waals surface area contributed by atoms with Gasteiger partial charge in [0.2, 0.25) is 0 Å². The van der Waals surface area contributed by atoms with Crippen LogP contribution in [0, 0.1) is 6.92 Å². The van der Waals surface area contributed by atoms with Crippen LogP contribution in [0.2, 0.25) is 0 Å². The van der Waals surface area contributed by atoms with Gasteiger partial charge in [-0.05, 0) is 26.8 Å². The molecule has 0 saturated heterocycles. The average molecular weight is 257 g/mol. The molecule has 1 heterocycles. The third kappa shape index (κ3) is 2.50. The minimum Gasteiger partial charge on any atom is -0.383 e. The summed E-state index contributed by atoms with van der Waals surface area (Å²) in [4.78, 5) is 4.78. The molecule has 0 atom stereocenters. The highest BCUT2D eigenvalue weighted by Gasteiger charge is 2.19. The van der Waals surface area contributed by atoms with Gasteiger partial charge in [-0.2, -0.15) is 0 Å². The number of nitrogen functional groups attached to an aromatic ring is 1. The summed E-state index contributed by atoms with van der Waals surface area (Å²) >= 11 is 0. The molecule has 2 N–H and O–H groups in total. The Morgan fingerprint density at radius 2 is 1.84 bits per heavy atom. The van der Waals surface area contributed by atoms with Crippen molar-refractivity contribution in [2.75, 3.05) is 5.73 Å². The predicted molar refractivity (Wildman–Crippen MR) is 81.3 cm³/mol. The second-order valence-electron chi connectivity index (χ2n) is 5.69. The van der Waals surface area contributed by atoms with E-state index >= 15 is 0 Å². The Morgan fingerprint density at radius 3 is 2.32 bits per heavy atom. The van der Waals surface area contributed by atoms with E-state index in [-0.39, 0.29) is 0 Å². The minimum absolute atomic E-state index is 0.323. The first kappa shape index (κ1) is 13.7. The van der Waals surface area contributed by atoms with Crippen LogP contribution >= 0.6 is 0 Å². The molecule has 0 saturated carbocycles. The first-order valence-corrected chi connectivity index (χ1v) is 6.86. The number of aryl methyl sites for hydroxylation is 1. The van der Waals surface area contributed by atoms with Crippen LogP contribution in [0.1, 0.15) is 51.0 Å². The molecule has 0 amide bonds. The van der Waals surface area contributed by atoms with Crippen molar-refractivity contribution in [1.29, 1.82) is 0 Å². The molecule has 0 aliphatic rings. The summed E-state index contributed by atoms with van der Waals surface area (Å²) < 4.78 is 2.14. The summed E-state index contributed by atoms with van der Waals surface area (Å²) in [6.07, 6.45) is 0. The van der Waals surface area contributed by atoms with Crippen LogP contribution in [-0.2, 0) is 0 Å². The molecule has 0 spiro atoms. The van der Waals surface area contributed by atoms with Gasteiger partial charge in [0.15, 0.2) is 0 Å². The molecule has 0 aliphatic heterocycles. The molecule has 102 valence electrons. The van der Waals surface area contributed by atoms with E-state index in [9.17, 15) is 0 Å². The maximum Gasteiger partial charge on any atom is 0.131 e. The molecule has 19 heavy (non-hydrogen) atoms. The summed E-state index contributed by atoms with van der Waals surface area (Å²) in [5.74, 6) is 2.19. The van der Waals surface area contributed by atoms with Crippen molar-refractivity contribution < 1.29 is 0 Å². The quantitative estimate of drug-likeness (QED) is 0.897. The Kier molecular flexibility index (Phi) is 3.65. The number of hydrogen-bond donors (Lipinski definition) is 1. The number of aromatic nitrogens is 2. The smallest absolute Gasteiger partial charge is 0.131 e. The number of imidazole rings is 1. The van der Waals surface area contributed by atoms with Crippen LogP contribution < -0.4 is 5.73 Å². The van der Waals surface area contributed by atoms with Crippen molar-refractivity contribution in [3.8, 4) is 11.3 Å². The summed E-state index contributed by atoms with van der Waals surface area (Å²) in [7, 11) is 0. The topological polar surface area (TPSA) is 43.8 Å². The molecule has 3 nitrogen and oxygen atoms in total. The molecule has 1 aromatic heterocycles. The first-order chi connectivity index (χ1) is 8.91. The summed E-state index contributed by atoms with van der Waals surface area (Å²) in [5.41, 5.74) is 9.55. The Balaban J connectivity index is 2.62. The Labute approximate surface area is 115 Å². The van der Waals surface area contributed by atoms with Crippen LogP contribution in [0.15, 0.2) is 24.3 Å². The van der Waals surface area contributed by atoms with E-state index in [2.05, 4.69) is 57.4 Å². The van der Waals surface area contributed by atoms with Gasteiger partial charge in [-0.3, -0.25) is 0 Å². The zero-order chi connectivity index (χ0) is 14.2. The van der Waals surface area contributed by atoms with Gasteiger partial charge in [0.25, 0.3) is 0 Å². The predicted octanol–water partition coefficient (Wildman–Crippen LogP) is 4.15. The van der Waals surface area contributed by atoms with E-state index in [4.69, 9.17) is 10.7 Å². The van der Waals surface area contributed by atoms with Gasteiger partial charge >= 0.3 is 0 Å². The number of nitrogens with zero attached hydrogens (tertiary/aromatic N) is 2. The molecule has 0 bridgehead atoms. The Morgan fingerprint density at radius 1 is 1.16 bits per heavy atom. The third-order valence-corrected chi connectivity index (χ3v) is 3.30. The SMILES string of the molecule is Cc1cccc(-c2nc(C(C)C)n(C(C)C)c2N)c1. The molecular weight excluding hydrogens is 234 g/mol. The van der Waals surface area contributed by atoms with E-state index in [1.807, 2.05) is 6.07 Å². The maximum atomic E-state index is 6.33. The Bertz CT molecular complexity index is 580. The van der Waals surface area contributed by atoms with Crippen molar-refractivity contribution in [2.24, 2.45) is 0 Å². The average Bonchev–Trinajstić information content (AvgIpc) is 2.67. The fraction of sp³-hybridized carbons (Fsp3) is 0.438. The Hall–Kier alpha value is -1.77. The van der Waals surface area contributed by atoms with E-state index in [0.717, 1.165) is 22.9 Å². The lowest BCUT2D eigenvalue weighted by Gasteiger charge is -2.15. The van der Waals surface area contributed by atoms with E-state index in [0.29, 0.717) is 12.0 Å². The number of rotatable bonds is 3. The van der Waals surface area contributed by atoms with Gasteiger partial charge in [0, 0.05) is 17.5 Å². The molecule has 0 unspecified atom stereocenters. The van der Waals surface area contributed by atoms with Crippen LogP contribution in [0.3, 0.4) is 0 Å². The van der Waals surface area contributed by atoms with Crippen LogP contribution in [0.5, 0.6) is 0 Å². The van der Waals surface area contributed by atoms with Gasteiger partial charge in [-0.25, -0.2) is 4.98 Å². The summed E-state index contributed by atoms with van der Waals surface area (Å²) in [6, 6.07) is 8.66. The fourth-order valence-electron chi connectivity index (χ4n) is 2.42. The summed E-state index contributed by atoms with van der Waals surface area (Å²) in [5, 5.41) is 0. The minimum atomic E-state index is 0.323. The standard InChI is InChI=1S/C16H23N3/c1-10(2)16-18-14(15(17)19(16)11(3)4)13-8-6-7-12(5)9-13/h6-11H,17H2,1-5H3. The van der Waals surface area contributed by atoms with Gasteiger partial charge in [-0.1, -0.05) is 37.6 Å². The molecule has 0 radical (unpaired) electrons. The van der Waals surface area contributed by atoms with E-state index < -0.39 is 0 Å². The van der Waals surface area contributed by atoms with Crippen LogP contribution in [0.25, 0.3) is 11.3 Å². The maximum absolute atomic E-state index is 6.33. The highest BCUT2D eigenvalue weighted by Crippen LogP contribution is 2.32. The molecule has 0 aliphatic carbocycles. The monoisotopic (exact) mass is 257 g/mol. The van der Waals surface area contributed by atoms with Gasteiger partial charge in [0.1, 0.15) is 17.3 Å². The fourth-order valence-corrected chi connectivity index (χ4v) is 2.42.